The highest BCUT2D eigenvalue weighted by atomic mass is 32.2. The molecule has 1 aliphatic rings. The molecule has 0 aromatic rings. The highest BCUT2D eigenvalue weighted by Gasteiger charge is 2.27. The van der Waals surface area contributed by atoms with Crippen molar-refractivity contribution in [3.63, 3.8) is 0 Å². The summed E-state index contributed by atoms with van der Waals surface area (Å²) in [6, 6.07) is -0.842. The number of carbonyl (C=O) groups excluding carboxylic acids is 1. The van der Waals surface area contributed by atoms with Gasteiger partial charge in [0.25, 0.3) is 10.2 Å². The number of carbonyl (C=O) groups is 2. The van der Waals surface area contributed by atoms with E-state index in [0.717, 1.165) is 12.8 Å². The zero-order valence-corrected chi connectivity index (χ0v) is 12.5. The second-order valence-electron chi connectivity index (χ2n) is 5.22. The van der Waals surface area contributed by atoms with Crippen molar-refractivity contribution in [3.8, 4) is 0 Å². The molecule has 1 heterocycles. The van der Waals surface area contributed by atoms with Crippen LogP contribution < -0.4 is 15.6 Å². The third kappa shape index (κ3) is 6.85. The van der Waals surface area contributed by atoms with Gasteiger partial charge >= 0.3 is 5.97 Å². The van der Waals surface area contributed by atoms with Crippen molar-refractivity contribution in [1.29, 1.82) is 0 Å². The average molecular weight is 322 g/mol. The molecule has 1 aliphatic heterocycles. The molecule has 0 spiro atoms. The maximum atomic E-state index is 12.1. The van der Waals surface area contributed by atoms with E-state index in [2.05, 4.69) is 4.72 Å². The van der Waals surface area contributed by atoms with Gasteiger partial charge in [-0.2, -0.15) is 8.42 Å². The summed E-state index contributed by atoms with van der Waals surface area (Å²) in [5.74, 6) is -1.31. The van der Waals surface area contributed by atoms with Crippen molar-refractivity contribution >= 4 is 22.1 Å². The molecular weight excluding hydrogens is 300 g/mol. The molecule has 10 heteroatoms. The Morgan fingerprint density at radius 3 is 2.67 bits per heavy atom. The third-order valence-electron chi connectivity index (χ3n) is 3.39. The summed E-state index contributed by atoms with van der Waals surface area (Å²) in [7, 11) is -3.74. The monoisotopic (exact) mass is 322 g/mol. The SMILES string of the molecule is NC(CCC(=O)O)C(=O)N1CCCC(CNS(N)(=O)=O)C1. The van der Waals surface area contributed by atoms with Gasteiger partial charge in [0.15, 0.2) is 0 Å². The van der Waals surface area contributed by atoms with Crippen molar-refractivity contribution in [3.05, 3.63) is 0 Å². The van der Waals surface area contributed by atoms with Crippen LogP contribution in [0.4, 0.5) is 0 Å². The molecule has 21 heavy (non-hydrogen) atoms. The molecule has 0 aliphatic carbocycles. The lowest BCUT2D eigenvalue weighted by Crippen LogP contribution is -2.50. The Balaban J connectivity index is 2.47. The van der Waals surface area contributed by atoms with Gasteiger partial charge in [0.2, 0.25) is 5.91 Å². The van der Waals surface area contributed by atoms with E-state index in [1.54, 1.807) is 4.90 Å². The lowest BCUT2D eigenvalue weighted by Gasteiger charge is -2.34. The number of nitrogens with two attached hydrogens (primary N) is 2. The zero-order chi connectivity index (χ0) is 16.0. The van der Waals surface area contributed by atoms with Crippen molar-refractivity contribution in [2.24, 2.45) is 16.8 Å². The summed E-state index contributed by atoms with van der Waals surface area (Å²) in [5, 5.41) is 13.5. The van der Waals surface area contributed by atoms with Crippen LogP contribution in [0.5, 0.6) is 0 Å². The normalized spacial score (nSPS) is 21.0. The number of piperidine rings is 1. The van der Waals surface area contributed by atoms with Gasteiger partial charge in [-0.25, -0.2) is 9.86 Å². The second-order valence-corrected chi connectivity index (χ2v) is 6.60. The number of hydrogen-bond acceptors (Lipinski definition) is 5. The standard InChI is InChI=1S/C11H22N4O5S/c12-9(3-4-10(16)17)11(18)15-5-1-2-8(7-15)6-14-21(13,19)20/h8-9,14H,1-7,12H2,(H,16,17)(H2,13,19,20). The van der Waals surface area contributed by atoms with Gasteiger partial charge in [0, 0.05) is 26.1 Å². The Hall–Kier alpha value is -1.23. The van der Waals surface area contributed by atoms with E-state index in [1.165, 1.54) is 0 Å². The van der Waals surface area contributed by atoms with Gasteiger partial charge in [0.1, 0.15) is 0 Å². The quantitative estimate of drug-likeness (QED) is 0.434. The summed E-state index contributed by atoms with van der Waals surface area (Å²) < 4.78 is 23.9. The molecule has 6 N–H and O–H groups in total. The van der Waals surface area contributed by atoms with Crippen LogP contribution in [-0.2, 0) is 19.8 Å². The first kappa shape index (κ1) is 17.8. The average Bonchev–Trinajstić information content (AvgIpc) is 2.41. The largest absolute Gasteiger partial charge is 0.481 e. The molecule has 0 aromatic carbocycles. The fraction of sp³-hybridized carbons (Fsp3) is 0.818. The van der Waals surface area contributed by atoms with Crippen LogP contribution >= 0.6 is 0 Å². The molecular formula is C11H22N4O5S. The minimum Gasteiger partial charge on any atom is -0.481 e. The predicted molar refractivity (Wildman–Crippen MR) is 75.3 cm³/mol. The minimum absolute atomic E-state index is 0.0206. The van der Waals surface area contributed by atoms with E-state index in [0.29, 0.717) is 13.1 Å². The number of nitrogens with one attached hydrogen (secondary N) is 1. The number of carboxylic acid groups (broad SMARTS) is 1. The number of nitrogens with zero attached hydrogens (tertiary/aromatic N) is 1. The van der Waals surface area contributed by atoms with E-state index in [4.69, 9.17) is 16.0 Å². The van der Waals surface area contributed by atoms with Gasteiger partial charge in [-0.05, 0) is 25.2 Å². The topological polar surface area (TPSA) is 156 Å². The van der Waals surface area contributed by atoms with Gasteiger partial charge in [0.05, 0.1) is 6.04 Å². The number of carboxylic acids is 1. The van der Waals surface area contributed by atoms with Crippen LogP contribution in [-0.4, -0.2) is 56.0 Å². The van der Waals surface area contributed by atoms with E-state index in [1.807, 2.05) is 0 Å². The fourth-order valence-electron chi connectivity index (χ4n) is 2.30. The van der Waals surface area contributed by atoms with Crippen LogP contribution in [0.25, 0.3) is 0 Å². The Labute approximate surface area is 123 Å². The van der Waals surface area contributed by atoms with Crippen molar-refractivity contribution in [2.45, 2.75) is 31.7 Å². The highest BCUT2D eigenvalue weighted by molar-refractivity contribution is 7.87. The molecule has 0 saturated carbocycles. The number of aliphatic carboxylic acids is 1. The summed E-state index contributed by atoms with van der Waals surface area (Å²) in [4.78, 5) is 24.1. The maximum Gasteiger partial charge on any atom is 0.303 e. The van der Waals surface area contributed by atoms with Crippen LogP contribution in [0, 0.1) is 5.92 Å². The molecule has 1 amide bonds. The van der Waals surface area contributed by atoms with Gasteiger partial charge in [-0.15, -0.1) is 0 Å². The Morgan fingerprint density at radius 2 is 2.10 bits per heavy atom. The maximum absolute atomic E-state index is 12.1. The zero-order valence-electron chi connectivity index (χ0n) is 11.7. The summed E-state index contributed by atoms with van der Waals surface area (Å²) >= 11 is 0. The molecule has 1 fully saturated rings. The van der Waals surface area contributed by atoms with E-state index < -0.39 is 22.2 Å². The molecule has 0 bridgehead atoms. The van der Waals surface area contributed by atoms with E-state index in [-0.39, 0.29) is 31.2 Å². The van der Waals surface area contributed by atoms with Crippen LogP contribution in [0.1, 0.15) is 25.7 Å². The fourth-order valence-corrected chi connectivity index (χ4v) is 2.77. The number of rotatable bonds is 7. The Bertz CT molecular complexity index is 481. The van der Waals surface area contributed by atoms with Crippen molar-refractivity contribution < 1.29 is 23.1 Å². The molecule has 1 rings (SSSR count). The molecule has 0 radical (unpaired) electrons. The summed E-state index contributed by atoms with van der Waals surface area (Å²) in [6.45, 7) is 1.11. The second kappa shape index (κ2) is 7.69. The molecule has 0 aromatic heterocycles. The first-order chi connectivity index (χ1) is 9.69. The van der Waals surface area contributed by atoms with Crippen molar-refractivity contribution in [2.75, 3.05) is 19.6 Å². The molecule has 2 unspecified atom stereocenters. The van der Waals surface area contributed by atoms with Crippen LogP contribution in [0.3, 0.4) is 0 Å². The number of hydrogen-bond donors (Lipinski definition) is 4. The smallest absolute Gasteiger partial charge is 0.303 e. The molecule has 2 atom stereocenters. The van der Waals surface area contributed by atoms with Gasteiger partial charge in [-0.1, -0.05) is 0 Å². The first-order valence-electron chi connectivity index (χ1n) is 6.72. The Morgan fingerprint density at radius 1 is 1.43 bits per heavy atom. The van der Waals surface area contributed by atoms with E-state index >= 15 is 0 Å². The van der Waals surface area contributed by atoms with E-state index in [9.17, 15) is 18.0 Å². The lowest BCUT2D eigenvalue weighted by molar-refractivity contribution is -0.138. The number of likely N-dealkylation sites (tertiary alicyclic amines) is 1. The van der Waals surface area contributed by atoms with Crippen LogP contribution in [0.2, 0.25) is 0 Å². The van der Waals surface area contributed by atoms with Crippen LogP contribution in [0.15, 0.2) is 0 Å². The summed E-state index contributed by atoms with van der Waals surface area (Å²) in [6.07, 6.45) is 1.47. The lowest BCUT2D eigenvalue weighted by atomic mass is 9.97. The Kier molecular flexibility index (Phi) is 6.52. The first-order valence-corrected chi connectivity index (χ1v) is 8.27. The minimum atomic E-state index is -3.74. The van der Waals surface area contributed by atoms with Gasteiger partial charge in [-0.3, -0.25) is 9.59 Å². The number of amides is 1. The molecule has 122 valence electrons. The molecule has 9 nitrogen and oxygen atoms in total. The molecule has 1 saturated heterocycles. The van der Waals surface area contributed by atoms with Crippen molar-refractivity contribution in [1.82, 2.24) is 9.62 Å². The third-order valence-corrected chi connectivity index (χ3v) is 3.96. The highest BCUT2D eigenvalue weighted by Crippen LogP contribution is 2.17. The van der Waals surface area contributed by atoms with Gasteiger partial charge < -0.3 is 15.7 Å². The summed E-state index contributed by atoms with van der Waals surface area (Å²) in [5.41, 5.74) is 5.70. The predicted octanol–water partition coefficient (Wildman–Crippen LogP) is -1.79.